The number of benzene rings is 7. The Morgan fingerprint density at radius 3 is 1.32 bits per heavy atom. The van der Waals surface area contributed by atoms with Crippen molar-refractivity contribution < 1.29 is 30.3 Å². The van der Waals surface area contributed by atoms with E-state index in [1.807, 2.05) is 45.9 Å². The number of hydrogen-bond acceptors (Lipinski definition) is 6. The van der Waals surface area contributed by atoms with Crippen LogP contribution < -0.4 is 4.74 Å². The first-order valence-electron chi connectivity index (χ1n) is 28.5. The monoisotopic (exact) mass is 1160 g/mol. The molecule has 0 unspecified atom stereocenters. The third-order valence-electron chi connectivity index (χ3n) is 14.9. The van der Waals surface area contributed by atoms with Gasteiger partial charge >= 0.3 is 0 Å². The molecule has 0 bridgehead atoms. The topological polar surface area (TPSA) is 110 Å². The van der Waals surface area contributed by atoms with Gasteiger partial charge in [0.15, 0.2) is 24.5 Å². The van der Waals surface area contributed by atoms with Crippen molar-refractivity contribution in [3.8, 4) is 34.5 Å². The van der Waals surface area contributed by atoms with Crippen molar-refractivity contribution in [2.75, 3.05) is 58.5 Å². The Morgan fingerprint density at radius 1 is 0.405 bits per heavy atom. The molecular formula is C68H91O6S5+5. The molecule has 0 amide bonds. The molecule has 0 saturated carbocycles. The summed E-state index contributed by atoms with van der Waals surface area (Å²) in [5.41, 5.74) is 6.51. The summed E-state index contributed by atoms with van der Waals surface area (Å²) in [7, 11) is 1.93. The van der Waals surface area contributed by atoms with Crippen LogP contribution >= 0.6 is 0 Å². The molecule has 0 aromatic heterocycles. The molecule has 0 spiro atoms. The lowest BCUT2D eigenvalue weighted by Crippen LogP contribution is -2.23. The zero-order chi connectivity index (χ0) is 57.0. The summed E-state index contributed by atoms with van der Waals surface area (Å²) >= 11 is 0. The van der Waals surface area contributed by atoms with E-state index in [4.69, 9.17) is 4.74 Å². The number of fused-ring (bicyclic) bond motifs is 2. The third-order valence-corrected chi connectivity index (χ3v) is 26.4. The van der Waals surface area contributed by atoms with Crippen LogP contribution in [0, 0.1) is 41.5 Å². The summed E-state index contributed by atoms with van der Waals surface area (Å²) < 4.78 is 6.14. The highest BCUT2D eigenvalue weighted by molar-refractivity contribution is 7.98. The molecule has 4 aliphatic rings. The molecule has 0 aliphatic carbocycles. The summed E-state index contributed by atoms with van der Waals surface area (Å²) in [4.78, 5) is 7.14. The van der Waals surface area contributed by atoms with Crippen molar-refractivity contribution in [2.45, 2.75) is 157 Å². The summed E-state index contributed by atoms with van der Waals surface area (Å²) in [6.07, 6.45) is 18.1. The molecule has 6 nitrogen and oxygen atoms in total. The predicted molar refractivity (Wildman–Crippen MR) is 349 cm³/mol. The Bertz CT molecular complexity index is 3050. The molecule has 424 valence electrons. The second-order valence-corrected chi connectivity index (χ2v) is 33.9. The van der Waals surface area contributed by atoms with E-state index in [2.05, 4.69) is 108 Å². The van der Waals surface area contributed by atoms with Crippen LogP contribution in [0.4, 0.5) is 0 Å². The normalized spacial score (nSPS) is 16.3. The highest BCUT2D eigenvalue weighted by atomic mass is 32.2. The van der Waals surface area contributed by atoms with Gasteiger partial charge in [-0.25, -0.2) is 0 Å². The number of phenols is 5. The summed E-state index contributed by atoms with van der Waals surface area (Å²) in [6.45, 7) is 18.6. The van der Waals surface area contributed by atoms with Crippen LogP contribution in [0.5, 0.6) is 34.5 Å². The Labute approximate surface area is 489 Å². The molecule has 11 rings (SSSR count). The summed E-state index contributed by atoms with van der Waals surface area (Å²) in [6, 6.07) is 34.3. The van der Waals surface area contributed by atoms with Crippen LogP contribution in [0.3, 0.4) is 0 Å². The van der Waals surface area contributed by atoms with Crippen LogP contribution in [-0.4, -0.2) is 89.7 Å². The fourth-order valence-electron chi connectivity index (χ4n) is 11.0. The van der Waals surface area contributed by atoms with Gasteiger partial charge in [-0.1, -0.05) is 18.2 Å². The van der Waals surface area contributed by atoms with Crippen LogP contribution in [0.2, 0.25) is 0 Å². The zero-order valence-corrected chi connectivity index (χ0v) is 53.3. The van der Waals surface area contributed by atoms with Gasteiger partial charge in [-0.2, -0.15) is 0 Å². The first kappa shape index (κ1) is 62.2. The number of aromatic hydroxyl groups is 5. The second kappa shape index (κ2) is 29.0. The van der Waals surface area contributed by atoms with Gasteiger partial charge in [-0.15, -0.1) is 0 Å². The molecule has 4 heterocycles. The fraction of sp³-hybridized carbons (Fsp3) is 0.441. The second-order valence-electron chi connectivity index (χ2n) is 22.8. The van der Waals surface area contributed by atoms with E-state index in [-0.39, 0.29) is 28.0 Å². The highest BCUT2D eigenvalue weighted by Gasteiger charge is 2.32. The van der Waals surface area contributed by atoms with Crippen LogP contribution in [0.25, 0.3) is 21.5 Å². The van der Waals surface area contributed by atoms with E-state index in [0.29, 0.717) is 60.8 Å². The number of phenolic OH excluding ortho intramolecular Hbond substituents is 5. The predicted octanol–water partition coefficient (Wildman–Crippen LogP) is 16.4. The molecule has 4 aliphatic heterocycles. The number of ether oxygens (including phenoxy) is 1. The zero-order valence-electron chi connectivity index (χ0n) is 49.2. The van der Waals surface area contributed by atoms with Crippen molar-refractivity contribution >= 4 is 76.0 Å². The first-order chi connectivity index (χ1) is 37.7. The summed E-state index contributed by atoms with van der Waals surface area (Å²) in [5.74, 6) is 13.7. The minimum Gasteiger partial charge on any atom is -0.508 e. The van der Waals surface area contributed by atoms with Crippen molar-refractivity contribution in [1.82, 2.24) is 0 Å². The highest BCUT2D eigenvalue weighted by Crippen LogP contribution is 2.38. The summed E-state index contributed by atoms with van der Waals surface area (Å²) in [5, 5.41) is 52.5. The van der Waals surface area contributed by atoms with Gasteiger partial charge < -0.3 is 30.3 Å². The number of hydrogen-bond donors (Lipinski definition) is 5. The van der Waals surface area contributed by atoms with Crippen molar-refractivity contribution in [2.24, 2.45) is 0 Å². The van der Waals surface area contributed by atoms with Crippen LogP contribution in [0.1, 0.15) is 118 Å². The Kier molecular flexibility index (Phi) is 22.9. The van der Waals surface area contributed by atoms with Gasteiger partial charge in [-0.05, 0) is 234 Å². The van der Waals surface area contributed by atoms with Gasteiger partial charge in [0.25, 0.3) is 0 Å². The standard InChI is InChI=1S/C18H23OS.2C13H18OS.C12H12O2S.C12H16OS/c1-18(2,3)19-16-10-11-17(20-12-6-7-13-20)15-9-5-4-8-14(15)16;1-10-8-12(9-11(2)13(10)14)15-6-4-3-5-7-15;1-10-8-12(14)9-11(2)13(10)15-6-4-3-5-7-15;1-15(2)12-6-5-11(14)9-4-3-8(13)7-10(9)12;1-9-7-11(8-10(2)12(9)13)14-5-3-4-6-14/h4-5,8-11H,6-7,12-13H2,1-3H3;2*8-9H,3-7H2,1-2H3;3-7H,1-2H3,(H-,13,14);7-8H,3-6H2,1-2H3/q+1;;;;/p+4. The molecule has 79 heavy (non-hydrogen) atoms. The lowest BCUT2D eigenvalue weighted by molar-refractivity contribution is 0.133. The molecular weight excluding hydrogens is 1070 g/mol. The van der Waals surface area contributed by atoms with E-state index in [9.17, 15) is 25.5 Å². The maximum Gasteiger partial charge on any atom is 0.162 e. The van der Waals surface area contributed by atoms with Gasteiger partial charge in [0.2, 0.25) is 0 Å². The SMILES string of the molecule is CC(C)(C)Oc1ccc([S+]2CCCC2)c2ccccc12.C[S+](C)c1ccc(O)c2ccc(O)cc12.Cc1cc(O)cc(C)c1[S+]1CCCCC1.Cc1cc([S+]2CCCC2)cc(C)c1O.Cc1cc([S+]2CCCCC2)cc(C)c1O. The number of rotatable bonds is 6. The minimum absolute atomic E-state index is 0.108. The molecule has 4 fully saturated rings. The fourth-order valence-corrected chi connectivity index (χ4v) is 22.1. The van der Waals surface area contributed by atoms with E-state index >= 15 is 0 Å². The smallest absolute Gasteiger partial charge is 0.162 e. The van der Waals surface area contributed by atoms with Gasteiger partial charge in [0, 0.05) is 87.1 Å². The third kappa shape index (κ3) is 17.1. The van der Waals surface area contributed by atoms with E-state index < -0.39 is 0 Å². The van der Waals surface area contributed by atoms with Gasteiger partial charge in [0.05, 0.1) is 0 Å². The lowest BCUT2D eigenvalue weighted by Gasteiger charge is -2.22. The van der Waals surface area contributed by atoms with E-state index in [0.717, 1.165) is 38.8 Å². The Balaban J connectivity index is 0.000000144. The molecule has 4 saturated heterocycles. The molecule has 11 heteroatoms. The van der Waals surface area contributed by atoms with Crippen LogP contribution in [-0.2, 0) is 54.5 Å². The Hall–Kier alpha value is -4.39. The number of aryl methyl sites for hydroxylation is 6. The van der Waals surface area contributed by atoms with Gasteiger partial charge in [0.1, 0.15) is 98.6 Å². The molecule has 7 aromatic rings. The molecule has 7 aromatic carbocycles. The Morgan fingerprint density at radius 2 is 0.848 bits per heavy atom. The molecule has 0 atom stereocenters. The average Bonchev–Trinajstić information content (AvgIpc) is 4.17. The molecule has 0 radical (unpaired) electrons. The van der Waals surface area contributed by atoms with E-state index in [1.54, 1.807) is 29.2 Å². The maximum atomic E-state index is 9.73. The first-order valence-corrected chi connectivity index (χ1v) is 36.8. The molecule has 5 N–H and O–H groups in total. The van der Waals surface area contributed by atoms with Crippen molar-refractivity contribution in [1.29, 1.82) is 0 Å². The van der Waals surface area contributed by atoms with Crippen molar-refractivity contribution in [3.05, 3.63) is 137 Å². The van der Waals surface area contributed by atoms with Crippen molar-refractivity contribution in [3.63, 3.8) is 0 Å². The minimum atomic E-state index is -0.153. The van der Waals surface area contributed by atoms with Crippen LogP contribution in [0.15, 0.2) is 128 Å². The average molecular weight is 1160 g/mol. The largest absolute Gasteiger partial charge is 0.508 e. The lowest BCUT2D eigenvalue weighted by atomic mass is 10.1. The van der Waals surface area contributed by atoms with Gasteiger partial charge in [-0.3, -0.25) is 0 Å². The quantitative estimate of drug-likeness (QED) is 0.106. The maximum absolute atomic E-state index is 9.73. The van der Waals surface area contributed by atoms with E-state index in [1.165, 1.54) is 152 Å².